The molecule has 3 amide bonds. The van der Waals surface area contributed by atoms with Crippen molar-refractivity contribution < 1.29 is 29.4 Å². The Hall–Kier alpha value is -2.93. The summed E-state index contributed by atoms with van der Waals surface area (Å²) in [5.74, 6) is -3.01. The molecule has 1 heterocycles. The number of nitrogens with two attached hydrogens (primary N) is 3. The molecule has 1 aliphatic heterocycles. The molecule has 13 nitrogen and oxygen atoms in total. The molecule has 0 spiro atoms. The number of carbonyl (C=O) groups is 4. The van der Waals surface area contributed by atoms with Crippen molar-refractivity contribution in [3.63, 3.8) is 0 Å². The third-order valence-electron chi connectivity index (χ3n) is 5.54. The molecular weight excluding hydrogens is 446 g/mol. The molecule has 1 aliphatic rings. The number of hydrogen-bond donors (Lipinski definition) is 7. The lowest BCUT2D eigenvalue weighted by molar-refractivity contribution is -0.149. The van der Waals surface area contributed by atoms with Crippen molar-refractivity contribution in [2.75, 3.05) is 13.1 Å². The lowest BCUT2D eigenvalue weighted by Crippen LogP contribution is -2.58. The van der Waals surface area contributed by atoms with Crippen LogP contribution in [0.1, 0.15) is 52.9 Å². The van der Waals surface area contributed by atoms with Gasteiger partial charge in [0.2, 0.25) is 17.7 Å². The molecule has 1 rings (SSSR count). The van der Waals surface area contributed by atoms with E-state index in [4.69, 9.17) is 17.2 Å². The number of carboxylic acids is 1. The number of rotatable bonds is 13. The van der Waals surface area contributed by atoms with Crippen LogP contribution in [0.25, 0.3) is 0 Å². The van der Waals surface area contributed by atoms with Gasteiger partial charge in [0, 0.05) is 13.1 Å². The summed E-state index contributed by atoms with van der Waals surface area (Å²) in [4.78, 5) is 55.4. The summed E-state index contributed by atoms with van der Waals surface area (Å²) in [6.45, 7) is 5.58. The van der Waals surface area contributed by atoms with Crippen LogP contribution in [0, 0.1) is 5.92 Å². The Bertz CT molecular complexity index is 754. The van der Waals surface area contributed by atoms with Crippen molar-refractivity contribution in [2.24, 2.45) is 28.1 Å². The molecule has 5 atom stereocenters. The molecule has 1 fully saturated rings. The number of carbonyl (C=O) groups excluding carboxylic acids is 3. The molecule has 0 aromatic heterocycles. The molecule has 194 valence electrons. The maximum absolute atomic E-state index is 13.2. The summed E-state index contributed by atoms with van der Waals surface area (Å²) >= 11 is 0. The van der Waals surface area contributed by atoms with Crippen molar-refractivity contribution in [2.45, 2.75) is 83.1 Å². The molecule has 13 heteroatoms. The van der Waals surface area contributed by atoms with E-state index in [1.54, 1.807) is 0 Å². The van der Waals surface area contributed by atoms with Crippen molar-refractivity contribution in [1.29, 1.82) is 0 Å². The first kappa shape index (κ1) is 29.1. The first-order chi connectivity index (χ1) is 15.8. The standard InChI is InChI=1S/C21H39N7O6/c1-11(2)10-14(27-18(31)16(22)12(3)29)17(30)26-13(6-4-8-25-21(23)24)19(32)28-9-5-7-15(28)20(33)34/h11-16,29H,4-10,22H2,1-3H3,(H,26,30)(H,27,31)(H,33,34)(H4,23,24,25). The van der Waals surface area contributed by atoms with Crippen LogP contribution in [-0.2, 0) is 19.2 Å². The molecule has 10 N–H and O–H groups in total. The van der Waals surface area contributed by atoms with Gasteiger partial charge in [0.25, 0.3) is 0 Å². The SMILES string of the molecule is CC(C)CC(NC(=O)C(N)C(C)O)C(=O)NC(CCCN=C(N)N)C(=O)N1CCCC1C(=O)O. The highest BCUT2D eigenvalue weighted by Gasteiger charge is 2.38. The topological polar surface area (TPSA) is 226 Å². The summed E-state index contributed by atoms with van der Waals surface area (Å²) in [5, 5.41) is 24.2. The summed E-state index contributed by atoms with van der Waals surface area (Å²) in [6, 6.07) is -4.21. The normalized spacial score (nSPS) is 19.1. The van der Waals surface area contributed by atoms with Gasteiger partial charge in [-0.05, 0) is 44.9 Å². The third kappa shape index (κ3) is 9.14. The zero-order chi connectivity index (χ0) is 26.0. The number of carboxylic acid groups (broad SMARTS) is 1. The van der Waals surface area contributed by atoms with Gasteiger partial charge in [-0.1, -0.05) is 13.8 Å². The van der Waals surface area contributed by atoms with Crippen LogP contribution in [0.2, 0.25) is 0 Å². The van der Waals surface area contributed by atoms with Crippen LogP contribution in [0.4, 0.5) is 0 Å². The van der Waals surface area contributed by atoms with E-state index >= 15 is 0 Å². The summed E-state index contributed by atoms with van der Waals surface area (Å²) in [7, 11) is 0. The molecule has 0 aliphatic carbocycles. The smallest absolute Gasteiger partial charge is 0.326 e. The Labute approximate surface area is 199 Å². The number of aliphatic carboxylic acids is 1. The molecule has 1 saturated heterocycles. The first-order valence-corrected chi connectivity index (χ1v) is 11.5. The number of guanidine groups is 1. The van der Waals surface area contributed by atoms with E-state index in [0.717, 1.165) is 0 Å². The average molecular weight is 486 g/mol. The fourth-order valence-electron chi connectivity index (χ4n) is 3.71. The van der Waals surface area contributed by atoms with Gasteiger partial charge in [0.05, 0.1) is 6.10 Å². The van der Waals surface area contributed by atoms with Gasteiger partial charge in [0.15, 0.2) is 5.96 Å². The number of nitrogens with zero attached hydrogens (tertiary/aromatic N) is 2. The molecule has 5 unspecified atom stereocenters. The summed E-state index contributed by atoms with van der Waals surface area (Å²) < 4.78 is 0. The monoisotopic (exact) mass is 485 g/mol. The van der Waals surface area contributed by atoms with E-state index in [2.05, 4.69) is 15.6 Å². The molecule has 0 saturated carbocycles. The van der Waals surface area contributed by atoms with E-state index in [1.165, 1.54) is 11.8 Å². The quantitative estimate of drug-likeness (QED) is 0.0854. The van der Waals surface area contributed by atoms with Crippen molar-refractivity contribution in [3.05, 3.63) is 0 Å². The second kappa shape index (κ2) is 13.7. The number of amides is 3. The summed E-state index contributed by atoms with van der Waals surface area (Å²) in [5.41, 5.74) is 16.3. The number of aliphatic hydroxyl groups is 1. The van der Waals surface area contributed by atoms with Gasteiger partial charge >= 0.3 is 5.97 Å². The van der Waals surface area contributed by atoms with Gasteiger partial charge in [-0.3, -0.25) is 19.4 Å². The predicted octanol–water partition coefficient (Wildman–Crippen LogP) is -2.16. The number of nitrogens with one attached hydrogen (secondary N) is 2. The second-order valence-corrected chi connectivity index (χ2v) is 8.99. The fraction of sp³-hybridized carbons (Fsp3) is 0.762. The average Bonchev–Trinajstić information content (AvgIpc) is 3.23. The minimum atomic E-state index is -1.22. The number of hydrogen-bond acceptors (Lipinski definition) is 7. The van der Waals surface area contributed by atoms with Gasteiger partial charge in [-0.2, -0.15) is 0 Å². The van der Waals surface area contributed by atoms with E-state index < -0.39 is 54.0 Å². The van der Waals surface area contributed by atoms with E-state index in [9.17, 15) is 29.4 Å². The van der Waals surface area contributed by atoms with Crippen molar-refractivity contribution >= 4 is 29.7 Å². The minimum Gasteiger partial charge on any atom is -0.480 e. The maximum Gasteiger partial charge on any atom is 0.326 e. The van der Waals surface area contributed by atoms with Crippen LogP contribution < -0.4 is 27.8 Å². The largest absolute Gasteiger partial charge is 0.480 e. The lowest BCUT2D eigenvalue weighted by Gasteiger charge is -2.29. The van der Waals surface area contributed by atoms with E-state index in [-0.39, 0.29) is 37.8 Å². The maximum atomic E-state index is 13.2. The Morgan fingerprint density at radius 1 is 1.09 bits per heavy atom. The minimum absolute atomic E-state index is 0.0183. The Kier molecular flexibility index (Phi) is 11.7. The molecule has 0 aromatic carbocycles. The van der Waals surface area contributed by atoms with Crippen LogP contribution in [-0.4, -0.2) is 88.1 Å². The van der Waals surface area contributed by atoms with Crippen LogP contribution in [0.15, 0.2) is 4.99 Å². The van der Waals surface area contributed by atoms with Crippen LogP contribution >= 0.6 is 0 Å². The molecular formula is C21H39N7O6. The Morgan fingerprint density at radius 3 is 2.24 bits per heavy atom. The second-order valence-electron chi connectivity index (χ2n) is 8.99. The van der Waals surface area contributed by atoms with E-state index in [0.29, 0.717) is 19.3 Å². The van der Waals surface area contributed by atoms with Gasteiger partial charge in [0.1, 0.15) is 24.2 Å². The molecule has 0 radical (unpaired) electrons. The molecule has 34 heavy (non-hydrogen) atoms. The predicted molar refractivity (Wildman–Crippen MR) is 125 cm³/mol. The first-order valence-electron chi connectivity index (χ1n) is 11.5. The van der Waals surface area contributed by atoms with Crippen molar-refractivity contribution in [1.82, 2.24) is 15.5 Å². The zero-order valence-electron chi connectivity index (χ0n) is 20.1. The number of aliphatic imine (C=N–C) groups is 1. The summed E-state index contributed by atoms with van der Waals surface area (Å²) in [6.07, 6.45) is 0.546. The van der Waals surface area contributed by atoms with Crippen LogP contribution in [0.3, 0.4) is 0 Å². The van der Waals surface area contributed by atoms with Crippen molar-refractivity contribution in [3.8, 4) is 0 Å². The van der Waals surface area contributed by atoms with Crippen LogP contribution in [0.5, 0.6) is 0 Å². The Balaban J connectivity index is 3.04. The highest BCUT2D eigenvalue weighted by Crippen LogP contribution is 2.20. The number of likely N-dealkylation sites (tertiary alicyclic amines) is 1. The highest BCUT2D eigenvalue weighted by atomic mass is 16.4. The van der Waals surface area contributed by atoms with E-state index in [1.807, 2.05) is 13.8 Å². The molecule has 0 aromatic rings. The third-order valence-corrected chi connectivity index (χ3v) is 5.54. The van der Waals surface area contributed by atoms with Gasteiger partial charge < -0.3 is 42.9 Å². The van der Waals surface area contributed by atoms with Gasteiger partial charge in [-0.25, -0.2) is 4.79 Å². The van der Waals surface area contributed by atoms with Gasteiger partial charge in [-0.15, -0.1) is 0 Å². The lowest BCUT2D eigenvalue weighted by atomic mass is 10.0. The number of aliphatic hydroxyl groups excluding tert-OH is 1. The fourth-order valence-corrected chi connectivity index (χ4v) is 3.71. The molecule has 0 bridgehead atoms. The Morgan fingerprint density at radius 2 is 1.71 bits per heavy atom. The zero-order valence-corrected chi connectivity index (χ0v) is 20.1. The highest BCUT2D eigenvalue weighted by molar-refractivity contribution is 5.94.